The number of aliphatic carboxylic acids is 2. The second-order valence-electron chi connectivity index (χ2n) is 4.08. The van der Waals surface area contributed by atoms with Crippen LogP contribution in [0.2, 0.25) is 0 Å². The van der Waals surface area contributed by atoms with Crippen molar-refractivity contribution in [1.82, 2.24) is 19.8 Å². The van der Waals surface area contributed by atoms with Gasteiger partial charge in [0, 0.05) is 32.4 Å². The molecule has 0 saturated carbocycles. The van der Waals surface area contributed by atoms with Crippen LogP contribution < -0.4 is 5.32 Å². The van der Waals surface area contributed by atoms with E-state index in [4.69, 9.17) is 10.2 Å². The molecule has 0 bridgehead atoms. The highest BCUT2D eigenvalue weighted by Crippen LogP contribution is 1.95. The molecule has 0 aliphatic rings. The predicted molar refractivity (Wildman–Crippen MR) is 67.2 cm³/mol. The van der Waals surface area contributed by atoms with Crippen LogP contribution in [0.4, 0.5) is 4.79 Å². The Kier molecular flexibility index (Phi) is 5.51. The lowest BCUT2D eigenvalue weighted by Crippen LogP contribution is -2.45. The lowest BCUT2D eigenvalue weighted by Gasteiger charge is -2.18. The van der Waals surface area contributed by atoms with Crippen LogP contribution in [0.1, 0.15) is 5.82 Å². The van der Waals surface area contributed by atoms with Crippen molar-refractivity contribution in [2.75, 3.05) is 19.6 Å². The van der Waals surface area contributed by atoms with E-state index in [1.54, 1.807) is 17.0 Å². The van der Waals surface area contributed by atoms with Crippen molar-refractivity contribution in [2.45, 2.75) is 6.42 Å². The zero-order valence-electron chi connectivity index (χ0n) is 10.9. The standard InChI is InChI=1S/C11H16N4O5/c1-14-5-4-12-8(14)2-3-13-11(20)15(6-9(16)17)7-10(18)19/h4-5H,2-3,6-7H2,1H3,(H,13,20)(H,16,17)(H,18,19). The van der Waals surface area contributed by atoms with Crippen LogP contribution in [-0.2, 0) is 23.1 Å². The molecule has 110 valence electrons. The number of urea groups is 1. The minimum absolute atomic E-state index is 0.236. The summed E-state index contributed by atoms with van der Waals surface area (Å²) in [5, 5.41) is 19.7. The molecule has 0 saturated heterocycles. The highest BCUT2D eigenvalue weighted by molar-refractivity contribution is 5.84. The molecule has 0 fully saturated rings. The molecule has 0 aromatic carbocycles. The van der Waals surface area contributed by atoms with Gasteiger partial charge >= 0.3 is 18.0 Å². The first-order valence-electron chi connectivity index (χ1n) is 5.82. The summed E-state index contributed by atoms with van der Waals surface area (Å²) in [7, 11) is 1.81. The van der Waals surface area contributed by atoms with Gasteiger partial charge in [0.15, 0.2) is 0 Å². The van der Waals surface area contributed by atoms with E-state index < -0.39 is 31.1 Å². The van der Waals surface area contributed by atoms with E-state index in [0.717, 1.165) is 5.82 Å². The van der Waals surface area contributed by atoms with Crippen LogP contribution in [0, 0.1) is 0 Å². The zero-order chi connectivity index (χ0) is 15.1. The van der Waals surface area contributed by atoms with Gasteiger partial charge in [-0.15, -0.1) is 0 Å². The van der Waals surface area contributed by atoms with Gasteiger partial charge in [-0.05, 0) is 0 Å². The number of aromatic nitrogens is 2. The maximum atomic E-state index is 11.7. The minimum Gasteiger partial charge on any atom is -0.480 e. The van der Waals surface area contributed by atoms with Crippen molar-refractivity contribution in [3.05, 3.63) is 18.2 Å². The van der Waals surface area contributed by atoms with Crippen molar-refractivity contribution in [3.63, 3.8) is 0 Å². The third kappa shape index (κ3) is 4.96. The Morgan fingerprint density at radius 1 is 1.30 bits per heavy atom. The first kappa shape index (κ1) is 15.5. The van der Waals surface area contributed by atoms with E-state index >= 15 is 0 Å². The summed E-state index contributed by atoms with van der Waals surface area (Å²) in [6.45, 7) is -1.10. The molecule has 1 aromatic rings. The second kappa shape index (κ2) is 7.12. The Hall–Kier alpha value is -2.58. The maximum Gasteiger partial charge on any atom is 0.323 e. The van der Waals surface area contributed by atoms with Crippen molar-refractivity contribution in [1.29, 1.82) is 0 Å². The molecular formula is C11H16N4O5. The summed E-state index contributed by atoms with van der Waals surface area (Å²) in [5.74, 6) is -1.79. The molecule has 1 aromatic heterocycles. The number of nitrogens with zero attached hydrogens (tertiary/aromatic N) is 3. The molecule has 1 heterocycles. The van der Waals surface area contributed by atoms with Crippen molar-refractivity contribution in [2.24, 2.45) is 7.05 Å². The summed E-state index contributed by atoms with van der Waals surface area (Å²) in [4.78, 5) is 37.6. The Morgan fingerprint density at radius 3 is 2.35 bits per heavy atom. The van der Waals surface area contributed by atoms with Gasteiger partial charge in [0.1, 0.15) is 18.9 Å². The lowest BCUT2D eigenvalue weighted by molar-refractivity contribution is -0.140. The summed E-state index contributed by atoms with van der Waals surface area (Å²) >= 11 is 0. The van der Waals surface area contributed by atoms with Crippen LogP contribution in [0.3, 0.4) is 0 Å². The number of hydrogen-bond donors (Lipinski definition) is 3. The van der Waals surface area contributed by atoms with Gasteiger partial charge in [-0.2, -0.15) is 0 Å². The van der Waals surface area contributed by atoms with E-state index in [0.29, 0.717) is 11.3 Å². The van der Waals surface area contributed by atoms with E-state index in [1.807, 2.05) is 7.05 Å². The number of amides is 2. The largest absolute Gasteiger partial charge is 0.480 e. The van der Waals surface area contributed by atoms with Gasteiger partial charge in [-0.1, -0.05) is 0 Å². The Morgan fingerprint density at radius 2 is 1.90 bits per heavy atom. The monoisotopic (exact) mass is 284 g/mol. The first-order chi connectivity index (χ1) is 9.40. The smallest absolute Gasteiger partial charge is 0.323 e. The molecule has 3 N–H and O–H groups in total. The Bertz CT molecular complexity index is 483. The highest BCUT2D eigenvalue weighted by atomic mass is 16.4. The molecule has 20 heavy (non-hydrogen) atoms. The van der Waals surface area contributed by atoms with E-state index in [2.05, 4.69) is 10.3 Å². The van der Waals surface area contributed by atoms with Gasteiger partial charge in [0.2, 0.25) is 0 Å². The summed E-state index contributed by atoms with van der Waals surface area (Å²) in [5.41, 5.74) is 0. The number of carbonyl (C=O) groups is 3. The number of aryl methyl sites for hydroxylation is 1. The van der Waals surface area contributed by atoms with E-state index in [1.165, 1.54) is 0 Å². The van der Waals surface area contributed by atoms with Crippen molar-refractivity contribution >= 4 is 18.0 Å². The van der Waals surface area contributed by atoms with Gasteiger partial charge in [-0.25, -0.2) is 9.78 Å². The third-order valence-corrected chi connectivity index (χ3v) is 2.49. The average Bonchev–Trinajstić information content (AvgIpc) is 2.73. The number of imidazole rings is 1. The van der Waals surface area contributed by atoms with Crippen LogP contribution in [0.5, 0.6) is 0 Å². The van der Waals surface area contributed by atoms with Crippen LogP contribution >= 0.6 is 0 Å². The molecule has 2 amide bonds. The van der Waals surface area contributed by atoms with Crippen molar-refractivity contribution in [3.8, 4) is 0 Å². The summed E-state index contributed by atoms with van der Waals surface area (Å²) in [6, 6.07) is -0.732. The fourth-order valence-electron chi connectivity index (χ4n) is 1.56. The molecule has 1 rings (SSSR count). The van der Waals surface area contributed by atoms with Gasteiger partial charge in [-0.3, -0.25) is 9.59 Å². The topological polar surface area (TPSA) is 125 Å². The number of carboxylic acid groups (broad SMARTS) is 2. The number of hydrogen-bond acceptors (Lipinski definition) is 4. The summed E-state index contributed by atoms with van der Waals surface area (Å²) < 4.78 is 1.79. The number of carboxylic acids is 2. The fourth-order valence-corrected chi connectivity index (χ4v) is 1.56. The van der Waals surface area contributed by atoms with Gasteiger partial charge in [0.25, 0.3) is 0 Å². The summed E-state index contributed by atoms with van der Waals surface area (Å²) in [6.07, 6.45) is 3.85. The fraction of sp³-hybridized carbons (Fsp3) is 0.455. The maximum absolute atomic E-state index is 11.7. The van der Waals surface area contributed by atoms with Crippen molar-refractivity contribution < 1.29 is 24.6 Å². The molecule has 0 unspecified atom stereocenters. The second-order valence-corrected chi connectivity index (χ2v) is 4.08. The van der Waals surface area contributed by atoms with Gasteiger partial charge in [0.05, 0.1) is 0 Å². The SMILES string of the molecule is Cn1ccnc1CCNC(=O)N(CC(=O)O)CC(=O)O. The molecule has 0 aliphatic carbocycles. The molecule has 0 spiro atoms. The molecule has 9 heteroatoms. The first-order valence-corrected chi connectivity index (χ1v) is 5.82. The molecule has 0 aliphatic heterocycles. The highest BCUT2D eigenvalue weighted by Gasteiger charge is 2.19. The van der Waals surface area contributed by atoms with Gasteiger partial charge < -0.3 is 25.0 Å². The normalized spacial score (nSPS) is 10.1. The average molecular weight is 284 g/mol. The lowest BCUT2D eigenvalue weighted by atomic mass is 10.4. The predicted octanol–water partition coefficient (Wildman–Crippen LogP) is -0.857. The van der Waals surface area contributed by atoms with Crippen LogP contribution in [0.25, 0.3) is 0 Å². The number of nitrogens with one attached hydrogen (secondary N) is 1. The number of rotatable bonds is 7. The van der Waals surface area contributed by atoms with E-state index in [-0.39, 0.29) is 6.54 Å². The van der Waals surface area contributed by atoms with Crippen LogP contribution in [0.15, 0.2) is 12.4 Å². The van der Waals surface area contributed by atoms with Crippen LogP contribution in [-0.4, -0.2) is 62.3 Å². The zero-order valence-corrected chi connectivity index (χ0v) is 10.9. The Labute approximate surface area is 114 Å². The third-order valence-electron chi connectivity index (χ3n) is 2.49. The minimum atomic E-state index is -1.27. The Balaban J connectivity index is 2.47. The molecule has 9 nitrogen and oxygen atoms in total. The number of carbonyl (C=O) groups excluding carboxylic acids is 1. The molecular weight excluding hydrogens is 268 g/mol. The molecule has 0 radical (unpaired) electrons. The van der Waals surface area contributed by atoms with E-state index in [9.17, 15) is 14.4 Å². The quantitative estimate of drug-likeness (QED) is 0.598. The molecule has 0 atom stereocenters.